The lowest BCUT2D eigenvalue weighted by Crippen LogP contribution is -2.54. The first-order valence-electron chi connectivity index (χ1n) is 9.60. The Labute approximate surface area is 148 Å². The minimum Gasteiger partial charge on any atom is -0.493 e. The highest BCUT2D eigenvalue weighted by atomic mass is 16.5. The molecule has 0 amide bonds. The van der Waals surface area contributed by atoms with Gasteiger partial charge < -0.3 is 9.47 Å². The molecule has 25 heavy (non-hydrogen) atoms. The number of ketones is 1. The molecule has 4 nitrogen and oxygen atoms in total. The number of rotatable bonds is 5. The molecule has 4 heteroatoms. The predicted molar refractivity (Wildman–Crippen MR) is 92.3 cm³/mol. The maximum absolute atomic E-state index is 12.7. The van der Waals surface area contributed by atoms with E-state index in [1.54, 1.807) is 14.2 Å². The van der Waals surface area contributed by atoms with E-state index in [0.29, 0.717) is 35.5 Å². The van der Waals surface area contributed by atoms with Gasteiger partial charge in [0.15, 0.2) is 11.5 Å². The van der Waals surface area contributed by atoms with Crippen LogP contribution in [0.1, 0.15) is 12.0 Å². The quantitative estimate of drug-likeness (QED) is 0.826. The van der Waals surface area contributed by atoms with Crippen LogP contribution in [0, 0.1) is 47.3 Å². The van der Waals surface area contributed by atoms with Gasteiger partial charge in [0.1, 0.15) is 5.78 Å². The second kappa shape index (κ2) is 4.59. The van der Waals surface area contributed by atoms with E-state index in [-0.39, 0.29) is 0 Å². The Morgan fingerprint density at radius 3 is 2.56 bits per heavy atom. The van der Waals surface area contributed by atoms with Crippen molar-refractivity contribution in [2.75, 3.05) is 21.3 Å². The van der Waals surface area contributed by atoms with Crippen LogP contribution in [0.3, 0.4) is 0 Å². The average Bonchev–Trinajstić information content (AvgIpc) is 3.13. The van der Waals surface area contributed by atoms with E-state index in [1.165, 1.54) is 12.0 Å². The summed E-state index contributed by atoms with van der Waals surface area (Å²) in [5, 5.41) is 0. The fourth-order valence-electron chi connectivity index (χ4n) is 8.07. The summed E-state index contributed by atoms with van der Waals surface area (Å²) < 4.78 is 10.8. The summed E-state index contributed by atoms with van der Waals surface area (Å²) in [6.07, 6.45) is 1.35. The smallest absolute Gasteiger partial charge is 0.161 e. The number of carbonyl (C=O) groups excluding carboxylic acids is 1. The van der Waals surface area contributed by atoms with Crippen molar-refractivity contribution in [1.82, 2.24) is 4.90 Å². The fraction of sp³-hybridized carbons (Fsp3) is 0.667. The highest BCUT2D eigenvalue weighted by Crippen LogP contribution is 2.82. The van der Waals surface area contributed by atoms with Crippen molar-refractivity contribution in [1.29, 1.82) is 0 Å². The summed E-state index contributed by atoms with van der Waals surface area (Å²) in [4.78, 5) is 15.3. The monoisotopic (exact) mass is 339 g/mol. The van der Waals surface area contributed by atoms with Gasteiger partial charge in [-0.05, 0) is 66.7 Å². The molecule has 0 spiro atoms. The van der Waals surface area contributed by atoms with Crippen LogP contribution in [0.2, 0.25) is 0 Å². The topological polar surface area (TPSA) is 38.8 Å². The number of ether oxygens (including phenoxy) is 2. The molecule has 132 valence electrons. The van der Waals surface area contributed by atoms with Gasteiger partial charge in [-0.25, -0.2) is 0 Å². The van der Waals surface area contributed by atoms with Crippen molar-refractivity contribution in [2.24, 2.45) is 47.3 Å². The molecule has 5 aliphatic rings. The van der Waals surface area contributed by atoms with Crippen LogP contribution in [0.4, 0.5) is 0 Å². The standard InChI is InChI=1S/C21H25NO3/c1-22(8-9-4-5-12(24-2)13(6-9)25-3)20-16-10-7-11-15-14(10)18(20)19(15)21(23)17(11)16/h4-6,10-11,14-20H,7-8H2,1-3H3/t10-,11+,14-,15-,16+,17-,18+,19+,20-/m0/s1. The van der Waals surface area contributed by atoms with Crippen LogP contribution in [-0.2, 0) is 11.3 Å². The van der Waals surface area contributed by atoms with Crippen LogP contribution in [0.5, 0.6) is 11.5 Å². The Morgan fingerprint density at radius 2 is 1.80 bits per heavy atom. The van der Waals surface area contributed by atoms with E-state index in [4.69, 9.17) is 9.47 Å². The average molecular weight is 339 g/mol. The summed E-state index contributed by atoms with van der Waals surface area (Å²) >= 11 is 0. The molecule has 0 saturated heterocycles. The molecule has 6 rings (SSSR count). The van der Waals surface area contributed by atoms with Gasteiger partial charge in [0, 0.05) is 24.4 Å². The van der Waals surface area contributed by atoms with Crippen molar-refractivity contribution in [3.8, 4) is 11.5 Å². The Balaban J connectivity index is 1.28. The highest BCUT2D eigenvalue weighted by Gasteiger charge is 2.83. The molecule has 9 atom stereocenters. The van der Waals surface area contributed by atoms with E-state index < -0.39 is 0 Å². The summed E-state index contributed by atoms with van der Waals surface area (Å²) in [6, 6.07) is 6.83. The Morgan fingerprint density at radius 1 is 1.00 bits per heavy atom. The molecule has 0 N–H and O–H groups in total. The zero-order chi connectivity index (χ0) is 17.0. The normalized spacial score (nSPS) is 47.0. The second-order valence-corrected chi connectivity index (χ2v) is 8.92. The summed E-state index contributed by atoms with van der Waals surface area (Å²) in [5.74, 6) is 7.62. The SMILES string of the molecule is COc1ccc(CN(C)[C@H]2[C@@H]3[C@H]4C[C@H]5[C@@H]3C(=O)[C@@H]3[C@@H]5[C@H]4[C@H]32)cc1OC. The molecular formula is C21H25NO3. The van der Waals surface area contributed by atoms with Crippen LogP contribution >= 0.6 is 0 Å². The third-order valence-electron chi connectivity index (χ3n) is 8.46. The summed E-state index contributed by atoms with van der Waals surface area (Å²) in [7, 11) is 5.62. The first-order chi connectivity index (χ1) is 12.2. The molecule has 0 radical (unpaired) electrons. The largest absolute Gasteiger partial charge is 0.493 e. The third-order valence-corrected chi connectivity index (χ3v) is 8.46. The van der Waals surface area contributed by atoms with Gasteiger partial charge in [-0.2, -0.15) is 0 Å². The Bertz CT molecular complexity index is 776. The number of hydrogen-bond acceptors (Lipinski definition) is 4. The van der Waals surface area contributed by atoms with E-state index in [1.807, 2.05) is 6.07 Å². The van der Waals surface area contributed by atoms with E-state index >= 15 is 0 Å². The van der Waals surface area contributed by atoms with E-state index in [0.717, 1.165) is 41.7 Å². The van der Waals surface area contributed by atoms with Gasteiger partial charge in [-0.15, -0.1) is 0 Å². The van der Waals surface area contributed by atoms with Gasteiger partial charge in [0.05, 0.1) is 14.2 Å². The van der Waals surface area contributed by atoms with E-state index in [9.17, 15) is 4.79 Å². The molecule has 1 aromatic carbocycles. The van der Waals surface area contributed by atoms with Crippen molar-refractivity contribution in [3.63, 3.8) is 0 Å². The number of methoxy groups -OCH3 is 2. The van der Waals surface area contributed by atoms with Crippen LogP contribution in [-0.4, -0.2) is 38.0 Å². The predicted octanol–water partition coefficient (Wildman–Crippen LogP) is 2.46. The number of nitrogens with zero attached hydrogens (tertiary/aromatic N) is 1. The lowest BCUT2D eigenvalue weighted by molar-refractivity contribution is -0.137. The number of benzene rings is 1. The first kappa shape index (κ1) is 14.6. The van der Waals surface area contributed by atoms with Gasteiger partial charge in [0.25, 0.3) is 0 Å². The van der Waals surface area contributed by atoms with Gasteiger partial charge >= 0.3 is 0 Å². The van der Waals surface area contributed by atoms with Crippen molar-refractivity contribution in [2.45, 2.75) is 19.0 Å². The van der Waals surface area contributed by atoms with Crippen LogP contribution < -0.4 is 9.47 Å². The summed E-state index contributed by atoms with van der Waals surface area (Å²) in [6.45, 7) is 0.917. The molecule has 5 saturated carbocycles. The Hall–Kier alpha value is -1.55. The maximum Gasteiger partial charge on any atom is 0.161 e. The molecule has 5 aliphatic carbocycles. The van der Waals surface area contributed by atoms with Crippen LogP contribution in [0.15, 0.2) is 18.2 Å². The molecule has 0 aromatic heterocycles. The number of fused-ring (bicyclic) bond motifs is 2. The minimum atomic E-state index is 0.410. The van der Waals surface area contributed by atoms with Gasteiger partial charge in [-0.1, -0.05) is 6.07 Å². The molecule has 0 unspecified atom stereocenters. The lowest BCUT2D eigenvalue weighted by atomic mass is 9.58. The number of Topliss-reactive ketones (excluding diaryl/α,β-unsaturated/α-hetero) is 1. The Kier molecular flexibility index (Phi) is 2.68. The molecule has 2 bridgehead atoms. The van der Waals surface area contributed by atoms with E-state index in [2.05, 4.69) is 24.1 Å². The second-order valence-electron chi connectivity index (χ2n) is 8.92. The maximum atomic E-state index is 12.7. The molecule has 1 aromatic rings. The third kappa shape index (κ3) is 1.49. The lowest BCUT2D eigenvalue weighted by Gasteiger charge is -2.48. The first-order valence-corrected chi connectivity index (χ1v) is 9.60. The highest BCUT2D eigenvalue weighted by molar-refractivity contribution is 5.91. The van der Waals surface area contributed by atoms with Crippen LogP contribution in [0.25, 0.3) is 0 Å². The molecule has 5 fully saturated rings. The van der Waals surface area contributed by atoms with Gasteiger partial charge in [0.2, 0.25) is 0 Å². The minimum absolute atomic E-state index is 0.410. The van der Waals surface area contributed by atoms with Gasteiger partial charge in [-0.3, -0.25) is 9.69 Å². The number of hydrogen-bond donors (Lipinski definition) is 0. The molecule has 0 aliphatic heterocycles. The molecular weight excluding hydrogens is 314 g/mol. The molecule has 0 heterocycles. The zero-order valence-corrected chi connectivity index (χ0v) is 15.0. The fourth-order valence-corrected chi connectivity index (χ4v) is 8.07. The van der Waals surface area contributed by atoms with Crippen molar-refractivity contribution in [3.05, 3.63) is 23.8 Å². The zero-order valence-electron chi connectivity index (χ0n) is 15.0. The van der Waals surface area contributed by atoms with Crippen molar-refractivity contribution >= 4 is 5.78 Å². The van der Waals surface area contributed by atoms with Crippen molar-refractivity contribution < 1.29 is 14.3 Å². The number of carbonyl (C=O) groups is 1. The summed E-state index contributed by atoms with van der Waals surface area (Å²) in [5.41, 5.74) is 1.25.